The molecule has 4 rings (SSSR count). The van der Waals surface area contributed by atoms with E-state index in [0.29, 0.717) is 6.61 Å². The summed E-state index contributed by atoms with van der Waals surface area (Å²) in [5.74, 6) is 2.57. The first-order valence-corrected chi connectivity index (χ1v) is 11.5. The van der Waals surface area contributed by atoms with Gasteiger partial charge in [-0.2, -0.15) is 0 Å². The Morgan fingerprint density at radius 3 is 2.59 bits per heavy atom. The van der Waals surface area contributed by atoms with Crippen LogP contribution < -0.4 is 9.47 Å². The Balaban J connectivity index is 0.00000141. The van der Waals surface area contributed by atoms with Crippen molar-refractivity contribution < 1.29 is 14.2 Å². The number of hydrogen-bond acceptors (Lipinski definition) is 5. The third kappa shape index (κ3) is 5.90. The van der Waals surface area contributed by atoms with Crippen molar-refractivity contribution in [2.24, 2.45) is 0 Å². The van der Waals surface area contributed by atoms with Crippen molar-refractivity contribution in [3.63, 3.8) is 0 Å². The molecule has 6 nitrogen and oxygen atoms in total. The molecular weight excluding hydrogens is 402 g/mol. The molecule has 0 radical (unpaired) electrons. The van der Waals surface area contributed by atoms with Crippen molar-refractivity contribution in [2.45, 2.75) is 33.9 Å². The van der Waals surface area contributed by atoms with Gasteiger partial charge < -0.3 is 18.8 Å². The zero-order valence-electron chi connectivity index (χ0n) is 19.7. The molecule has 0 unspecified atom stereocenters. The third-order valence-corrected chi connectivity index (χ3v) is 5.32. The van der Waals surface area contributed by atoms with E-state index in [9.17, 15) is 0 Å². The van der Waals surface area contributed by atoms with Gasteiger partial charge >= 0.3 is 0 Å². The summed E-state index contributed by atoms with van der Waals surface area (Å²) in [5, 5.41) is 0. The highest BCUT2D eigenvalue weighted by Crippen LogP contribution is 2.29. The fourth-order valence-corrected chi connectivity index (χ4v) is 3.80. The normalized spacial score (nSPS) is 14.4. The van der Waals surface area contributed by atoms with E-state index in [1.165, 1.54) is 0 Å². The van der Waals surface area contributed by atoms with E-state index in [1.807, 2.05) is 57.2 Å². The molecule has 1 fully saturated rings. The van der Waals surface area contributed by atoms with Crippen LogP contribution >= 0.6 is 0 Å². The van der Waals surface area contributed by atoms with E-state index in [2.05, 4.69) is 27.7 Å². The van der Waals surface area contributed by atoms with Gasteiger partial charge in [0.2, 0.25) is 0 Å². The highest BCUT2D eigenvalue weighted by atomic mass is 16.5. The topological polar surface area (TPSA) is 48.8 Å². The monoisotopic (exact) mass is 437 g/mol. The molecule has 0 amide bonds. The van der Waals surface area contributed by atoms with E-state index < -0.39 is 0 Å². The van der Waals surface area contributed by atoms with Crippen LogP contribution in [0.3, 0.4) is 0 Å². The van der Waals surface area contributed by atoms with E-state index in [4.69, 9.17) is 19.2 Å². The zero-order chi connectivity index (χ0) is 22.8. The minimum atomic E-state index is 0.537. The summed E-state index contributed by atoms with van der Waals surface area (Å²) >= 11 is 0. The van der Waals surface area contributed by atoms with Crippen LogP contribution in [-0.4, -0.2) is 54.5 Å². The fraction of sp³-hybridized carbons (Fsp3) is 0.423. The Morgan fingerprint density at radius 2 is 1.84 bits per heavy atom. The SMILES string of the molecule is C/C=C/c1ccc(OCCn2c(CN3CCOCC3)nc3ccccc32)c(OC)c1.CC. The number of ether oxygens (including phenoxy) is 3. The van der Waals surface area contributed by atoms with Gasteiger partial charge in [0.25, 0.3) is 0 Å². The second kappa shape index (κ2) is 12.3. The van der Waals surface area contributed by atoms with Gasteiger partial charge in [-0.3, -0.25) is 4.90 Å². The maximum atomic E-state index is 6.10. The highest BCUT2D eigenvalue weighted by molar-refractivity contribution is 5.75. The van der Waals surface area contributed by atoms with Crippen LogP contribution in [0.1, 0.15) is 32.2 Å². The largest absolute Gasteiger partial charge is 0.493 e. The molecule has 2 aromatic carbocycles. The minimum absolute atomic E-state index is 0.537. The number of benzene rings is 2. The van der Waals surface area contributed by atoms with Crippen molar-refractivity contribution in [3.05, 3.63) is 59.9 Å². The molecule has 1 aliphatic rings. The number of hydrogen-bond donors (Lipinski definition) is 0. The summed E-state index contributed by atoms with van der Waals surface area (Å²) in [7, 11) is 1.67. The van der Waals surface area contributed by atoms with E-state index in [-0.39, 0.29) is 0 Å². The predicted octanol–water partition coefficient (Wildman–Crippen LogP) is 5.02. The number of aromatic nitrogens is 2. The molecule has 1 aromatic heterocycles. The average Bonchev–Trinajstić information content (AvgIpc) is 3.19. The van der Waals surface area contributed by atoms with Crippen molar-refractivity contribution in [1.29, 1.82) is 0 Å². The second-order valence-corrected chi connectivity index (χ2v) is 7.32. The summed E-state index contributed by atoms with van der Waals surface area (Å²) in [4.78, 5) is 7.28. The molecule has 0 N–H and O–H groups in total. The summed E-state index contributed by atoms with van der Waals surface area (Å²) in [6, 6.07) is 14.3. The second-order valence-electron chi connectivity index (χ2n) is 7.32. The lowest BCUT2D eigenvalue weighted by atomic mass is 10.2. The van der Waals surface area contributed by atoms with Gasteiger partial charge in [-0.1, -0.05) is 44.2 Å². The molecule has 0 spiro atoms. The lowest BCUT2D eigenvalue weighted by Gasteiger charge is -2.26. The standard InChI is InChI=1S/C24H29N3O3.C2H6/c1-3-6-19-9-10-22(23(17-19)28-2)30-16-13-27-21-8-5-4-7-20(21)25-24(27)18-26-11-14-29-15-12-26;1-2/h3-10,17H,11-16,18H2,1-2H3;1-2H3/b6-3+;. The molecule has 0 aliphatic carbocycles. The average molecular weight is 438 g/mol. The molecule has 1 saturated heterocycles. The van der Waals surface area contributed by atoms with Gasteiger partial charge in [-0.05, 0) is 36.8 Å². The summed E-state index contributed by atoms with van der Waals surface area (Å²) < 4.78 is 19.4. The molecule has 32 heavy (non-hydrogen) atoms. The van der Waals surface area contributed by atoms with E-state index >= 15 is 0 Å². The van der Waals surface area contributed by atoms with Gasteiger partial charge in [0.15, 0.2) is 11.5 Å². The van der Waals surface area contributed by atoms with Crippen LogP contribution in [-0.2, 0) is 17.8 Å². The van der Waals surface area contributed by atoms with Crippen LogP contribution in [0.5, 0.6) is 11.5 Å². The molecule has 2 heterocycles. The molecule has 3 aromatic rings. The van der Waals surface area contributed by atoms with Gasteiger partial charge in [0.05, 0.1) is 44.4 Å². The first kappa shape index (κ1) is 23.8. The first-order chi connectivity index (χ1) is 15.8. The van der Waals surface area contributed by atoms with Crippen LogP contribution in [0.25, 0.3) is 17.1 Å². The van der Waals surface area contributed by atoms with Crippen LogP contribution in [0.15, 0.2) is 48.5 Å². The van der Waals surface area contributed by atoms with Gasteiger partial charge in [0, 0.05) is 13.1 Å². The maximum absolute atomic E-state index is 6.10. The lowest BCUT2D eigenvalue weighted by Crippen LogP contribution is -2.36. The summed E-state index contributed by atoms with van der Waals surface area (Å²) in [5.41, 5.74) is 3.25. The number of allylic oxidation sites excluding steroid dienone is 1. The predicted molar refractivity (Wildman–Crippen MR) is 130 cm³/mol. The van der Waals surface area contributed by atoms with Gasteiger partial charge in [-0.15, -0.1) is 0 Å². The molecular formula is C26H35N3O3. The number of nitrogens with zero attached hydrogens (tertiary/aromatic N) is 3. The highest BCUT2D eigenvalue weighted by Gasteiger charge is 2.17. The van der Waals surface area contributed by atoms with Crippen LogP contribution in [0, 0.1) is 0 Å². The van der Waals surface area contributed by atoms with Crippen molar-refractivity contribution in [1.82, 2.24) is 14.5 Å². The smallest absolute Gasteiger partial charge is 0.161 e. The molecule has 0 saturated carbocycles. The van der Waals surface area contributed by atoms with Crippen molar-refractivity contribution in [2.75, 3.05) is 40.0 Å². The quantitative estimate of drug-likeness (QED) is 0.495. The maximum Gasteiger partial charge on any atom is 0.161 e. The van der Waals surface area contributed by atoms with Crippen LogP contribution in [0.4, 0.5) is 0 Å². The molecule has 1 aliphatic heterocycles. The molecule has 0 bridgehead atoms. The molecule has 172 valence electrons. The Morgan fingerprint density at radius 1 is 1.06 bits per heavy atom. The third-order valence-electron chi connectivity index (χ3n) is 5.32. The van der Waals surface area contributed by atoms with Crippen LogP contribution in [0.2, 0.25) is 0 Å². The zero-order valence-corrected chi connectivity index (χ0v) is 19.7. The number of methoxy groups -OCH3 is 1. The van der Waals surface area contributed by atoms with Gasteiger partial charge in [-0.25, -0.2) is 4.98 Å². The minimum Gasteiger partial charge on any atom is -0.493 e. The van der Waals surface area contributed by atoms with Crippen molar-refractivity contribution in [3.8, 4) is 11.5 Å². The number of para-hydroxylation sites is 2. The molecule has 6 heteroatoms. The Hall–Kier alpha value is -2.83. The lowest BCUT2D eigenvalue weighted by molar-refractivity contribution is 0.0326. The number of fused-ring (bicyclic) bond motifs is 1. The van der Waals surface area contributed by atoms with E-state index in [1.54, 1.807) is 7.11 Å². The van der Waals surface area contributed by atoms with Crippen molar-refractivity contribution >= 4 is 17.1 Å². The Labute approximate surface area is 191 Å². The Bertz CT molecular complexity index is 1010. The number of rotatable bonds is 8. The number of imidazole rings is 1. The summed E-state index contributed by atoms with van der Waals surface area (Å²) in [6.07, 6.45) is 4.05. The van der Waals surface area contributed by atoms with Gasteiger partial charge in [0.1, 0.15) is 12.4 Å². The molecule has 0 atom stereocenters. The summed E-state index contributed by atoms with van der Waals surface area (Å²) in [6.45, 7) is 11.5. The Kier molecular flexibility index (Phi) is 9.13. The number of morpholine rings is 1. The fourth-order valence-electron chi connectivity index (χ4n) is 3.80. The first-order valence-electron chi connectivity index (χ1n) is 11.5. The van der Waals surface area contributed by atoms with E-state index in [0.717, 1.165) is 73.3 Å².